The van der Waals surface area contributed by atoms with Crippen molar-refractivity contribution in [3.63, 3.8) is 0 Å². The van der Waals surface area contributed by atoms with Crippen LogP contribution in [0, 0.1) is 39.9 Å². The van der Waals surface area contributed by atoms with E-state index in [-0.39, 0.29) is 11.4 Å². The number of aromatic nitrogens is 4. The number of aliphatic hydroxyl groups is 2. The minimum absolute atomic E-state index is 0.0264. The van der Waals surface area contributed by atoms with Gasteiger partial charge in [0.15, 0.2) is 0 Å². The van der Waals surface area contributed by atoms with E-state index in [1.54, 1.807) is 64.6 Å². The van der Waals surface area contributed by atoms with E-state index < -0.39 is 32.6 Å². The van der Waals surface area contributed by atoms with Gasteiger partial charge >= 0.3 is 5.69 Å². The Morgan fingerprint density at radius 3 is 1.79 bits per heavy atom. The first kappa shape index (κ1) is 42.2. The molecule has 56 heavy (non-hydrogen) atoms. The van der Waals surface area contributed by atoms with Gasteiger partial charge in [0, 0.05) is 54.4 Å². The molecular weight excluding hydrogens is 727 g/mol. The molecule has 0 bridgehead atoms. The van der Waals surface area contributed by atoms with Crippen molar-refractivity contribution in [1.82, 2.24) is 19.5 Å². The number of hydrogen-bond donors (Lipinski definition) is 3. The van der Waals surface area contributed by atoms with E-state index in [2.05, 4.69) is 15.0 Å². The Bertz CT molecular complexity index is 2270. The van der Waals surface area contributed by atoms with Crippen molar-refractivity contribution >= 4 is 22.4 Å². The molecule has 0 aliphatic heterocycles. The van der Waals surface area contributed by atoms with Crippen molar-refractivity contribution in [1.29, 1.82) is 0 Å². The summed E-state index contributed by atoms with van der Waals surface area (Å²) >= 11 is 0. The van der Waals surface area contributed by atoms with E-state index in [0.29, 0.717) is 54.3 Å². The van der Waals surface area contributed by atoms with Crippen LogP contribution in [0.25, 0.3) is 11.0 Å². The lowest BCUT2D eigenvalue weighted by Crippen LogP contribution is -2.25. The molecule has 15 nitrogen and oxygen atoms in total. The summed E-state index contributed by atoms with van der Waals surface area (Å²) in [6.45, 7) is 11.3. The van der Waals surface area contributed by atoms with E-state index in [9.17, 15) is 34.8 Å². The molecule has 16 heteroatoms. The summed E-state index contributed by atoms with van der Waals surface area (Å²) in [5.74, 6) is 0.804. The molecule has 0 amide bonds. The minimum Gasteiger partial charge on any atom is -0.508 e. The van der Waals surface area contributed by atoms with Gasteiger partial charge in [-0.05, 0) is 95.8 Å². The highest BCUT2D eigenvalue weighted by Crippen LogP contribution is 2.30. The molecule has 3 N–H and O–H groups in total. The Morgan fingerprint density at radius 1 is 0.732 bits per heavy atom. The molecule has 0 saturated heterocycles. The topological polar surface area (TPSA) is 209 Å². The second kappa shape index (κ2) is 18.2. The highest BCUT2D eigenvalue weighted by Gasteiger charge is 2.20. The van der Waals surface area contributed by atoms with Gasteiger partial charge in [-0.15, -0.1) is 0 Å². The number of phenols is 1. The summed E-state index contributed by atoms with van der Waals surface area (Å²) in [4.78, 5) is 32.6. The fourth-order valence-corrected chi connectivity index (χ4v) is 5.00. The zero-order valence-corrected chi connectivity index (χ0v) is 31.7. The normalized spacial score (nSPS) is 11.2. The van der Waals surface area contributed by atoms with Crippen molar-refractivity contribution in [2.24, 2.45) is 0 Å². The zero-order valence-electron chi connectivity index (χ0n) is 31.7. The van der Waals surface area contributed by atoms with Crippen LogP contribution in [0.5, 0.6) is 29.0 Å². The maximum absolute atomic E-state index is 12.5. The van der Waals surface area contributed by atoms with Crippen LogP contribution in [-0.2, 0) is 13.0 Å². The monoisotopic (exact) mass is 770 g/mol. The lowest BCUT2D eigenvalue weighted by molar-refractivity contribution is -0.387. The quantitative estimate of drug-likeness (QED) is 0.0836. The number of phenolic OH excluding ortho intramolecular Hbond substituents is 1. The molecule has 0 fully saturated rings. The van der Waals surface area contributed by atoms with Crippen LogP contribution in [0.2, 0.25) is 0 Å². The van der Waals surface area contributed by atoms with Gasteiger partial charge in [-0.2, -0.15) is 4.39 Å². The number of nitro benzene ring substituents is 2. The van der Waals surface area contributed by atoms with Gasteiger partial charge < -0.3 is 29.4 Å². The highest BCUT2D eigenvalue weighted by molar-refractivity contribution is 5.77. The van der Waals surface area contributed by atoms with Crippen LogP contribution in [0.1, 0.15) is 50.8 Å². The predicted octanol–water partition coefficient (Wildman–Crippen LogP) is 8.54. The highest BCUT2D eigenvalue weighted by atomic mass is 19.1. The van der Waals surface area contributed by atoms with E-state index >= 15 is 0 Å². The smallest absolute Gasteiger partial charge is 0.305 e. The summed E-state index contributed by atoms with van der Waals surface area (Å²) in [7, 11) is 0. The van der Waals surface area contributed by atoms with Crippen molar-refractivity contribution in [2.75, 3.05) is 0 Å². The molecule has 6 rings (SSSR count). The first-order valence-corrected chi connectivity index (χ1v) is 17.3. The van der Waals surface area contributed by atoms with Gasteiger partial charge in [0.25, 0.3) is 5.69 Å². The number of nitro groups is 2. The zero-order chi connectivity index (χ0) is 41.2. The number of pyridine rings is 2. The number of aromatic hydroxyl groups is 1. The van der Waals surface area contributed by atoms with Gasteiger partial charge in [-0.3, -0.25) is 20.2 Å². The molecule has 6 aromatic rings. The van der Waals surface area contributed by atoms with E-state index in [4.69, 9.17) is 14.6 Å². The van der Waals surface area contributed by atoms with Crippen molar-refractivity contribution in [3.05, 3.63) is 140 Å². The average Bonchev–Trinajstić information content (AvgIpc) is 3.49. The first-order valence-electron chi connectivity index (χ1n) is 17.3. The van der Waals surface area contributed by atoms with Crippen LogP contribution >= 0.6 is 0 Å². The number of nitrogens with zero attached hydrogens (tertiary/aromatic N) is 6. The Morgan fingerprint density at radius 2 is 1.29 bits per heavy atom. The van der Waals surface area contributed by atoms with E-state index in [0.717, 1.165) is 34.3 Å². The number of benzene rings is 3. The predicted molar refractivity (Wildman–Crippen MR) is 207 cm³/mol. The van der Waals surface area contributed by atoms with Gasteiger partial charge in [0.05, 0.1) is 45.0 Å². The molecule has 0 radical (unpaired) electrons. The second-order valence-corrected chi connectivity index (χ2v) is 14.1. The number of imidazole rings is 1. The number of fused-ring (bicyclic) bond motifs is 1. The van der Waals surface area contributed by atoms with Crippen LogP contribution in [0.15, 0.2) is 97.6 Å². The third-order valence-electron chi connectivity index (χ3n) is 7.74. The maximum atomic E-state index is 12.5. The van der Waals surface area contributed by atoms with E-state index in [1.165, 1.54) is 6.07 Å². The van der Waals surface area contributed by atoms with Crippen molar-refractivity contribution in [3.8, 4) is 29.0 Å². The van der Waals surface area contributed by atoms with Gasteiger partial charge in [0.2, 0.25) is 17.6 Å². The Balaban J connectivity index is 0.000000198. The van der Waals surface area contributed by atoms with Gasteiger partial charge in [-0.25, -0.2) is 15.0 Å². The second-order valence-electron chi connectivity index (χ2n) is 14.1. The van der Waals surface area contributed by atoms with Crippen molar-refractivity contribution < 1.29 is 39.0 Å². The minimum atomic E-state index is -1.03. The molecule has 0 atom stereocenters. The van der Waals surface area contributed by atoms with Gasteiger partial charge in [0.1, 0.15) is 17.2 Å². The largest absolute Gasteiger partial charge is 0.508 e. The SMILES string of the molecule is Cc1ccc(Oc2ccc([N+](=O)[O-])c(CCC(C)(C)O)c2)nc1.Cc1ccc(Oc2ccc3ncn(CC(C)(C)O)c3c2)nc1.O=[N+]([O-])c1ccc(O)cc1F. The number of aryl methyl sites for hydroxylation is 3. The first-order chi connectivity index (χ1) is 26.3. The number of ether oxygens (including phenoxy) is 2. The molecule has 3 aromatic heterocycles. The van der Waals surface area contributed by atoms with Gasteiger partial charge in [-0.1, -0.05) is 12.1 Å². The summed E-state index contributed by atoms with van der Waals surface area (Å²) in [5, 5.41) is 49.6. The molecule has 0 aliphatic rings. The number of hydrogen-bond acceptors (Lipinski definition) is 12. The molecule has 0 saturated carbocycles. The number of halogens is 1. The molecular formula is C40H43FN6O9. The van der Waals surface area contributed by atoms with Crippen LogP contribution in [0.4, 0.5) is 15.8 Å². The summed E-state index contributed by atoms with van der Waals surface area (Å²) < 4.78 is 25.8. The lowest BCUT2D eigenvalue weighted by Gasteiger charge is -2.18. The third-order valence-corrected chi connectivity index (χ3v) is 7.74. The molecule has 3 aromatic carbocycles. The van der Waals surface area contributed by atoms with Crippen LogP contribution < -0.4 is 9.47 Å². The molecule has 0 aliphatic carbocycles. The number of rotatable bonds is 11. The molecule has 294 valence electrons. The summed E-state index contributed by atoms with van der Waals surface area (Å²) in [6.07, 6.45) is 6.00. The Labute approximate surface area is 322 Å². The standard InChI is InChI=1S/C17H19N3O2.C17H20N2O4.C6H4FNO3/c1-12-4-7-16(18-9-12)22-13-5-6-14-15(8-13)20(11-19-14)10-17(2,3)21;1-12-4-7-16(18-11-12)23-14-5-6-15(19(21)22)13(10-14)8-9-17(2,3)20;7-5-3-4(9)1-2-6(5)8(10)11/h4-9,11,21H,10H2,1-3H3;4-7,10-11,20H,8-9H2,1-3H3;1-3,9H. The summed E-state index contributed by atoms with van der Waals surface area (Å²) in [6, 6.07) is 20.4. The fourth-order valence-electron chi connectivity index (χ4n) is 5.00. The average molecular weight is 771 g/mol. The van der Waals surface area contributed by atoms with Crippen LogP contribution in [0.3, 0.4) is 0 Å². The molecule has 0 spiro atoms. The third kappa shape index (κ3) is 13.1. The van der Waals surface area contributed by atoms with E-state index in [1.807, 2.05) is 54.8 Å². The molecule has 3 heterocycles. The molecule has 0 unspecified atom stereocenters. The maximum Gasteiger partial charge on any atom is 0.305 e. The van der Waals surface area contributed by atoms with Crippen LogP contribution in [-0.4, -0.2) is 55.9 Å². The summed E-state index contributed by atoms with van der Waals surface area (Å²) in [5.41, 5.74) is 2.13. The lowest BCUT2D eigenvalue weighted by atomic mass is 9.98. The van der Waals surface area contributed by atoms with Crippen molar-refractivity contribution in [2.45, 2.75) is 72.1 Å². The Hall–Kier alpha value is -6.52. The fraction of sp³-hybridized carbons (Fsp3) is 0.275. The Kier molecular flexibility index (Phi) is 13.7.